The van der Waals surface area contributed by atoms with Gasteiger partial charge in [-0.25, -0.2) is 15.0 Å². The molecule has 9 aromatic carbocycles. The Hall–Kier alpha value is -9.33. The minimum absolute atomic E-state index is 0.550. The van der Waals surface area contributed by atoms with E-state index in [1.807, 2.05) is 60.7 Å². The summed E-state index contributed by atoms with van der Waals surface area (Å²) in [6, 6.07) is 82.1. The number of hydrogen-bond donors (Lipinski definition) is 0. The summed E-state index contributed by atoms with van der Waals surface area (Å²) in [7, 11) is 0. The molecule has 68 heavy (non-hydrogen) atoms. The molecular weight excluding hydrogens is 831 g/mol. The molecule has 318 valence electrons. The molecule has 4 aromatic heterocycles. The fourth-order valence-electron chi connectivity index (χ4n) is 9.66. The molecule has 0 aliphatic rings. The Morgan fingerprint density at radius 1 is 0.250 bits per heavy atom. The highest BCUT2D eigenvalue weighted by atomic mass is 15.2. The number of aromatic nitrogens is 7. The van der Waals surface area contributed by atoms with Gasteiger partial charge < -0.3 is 4.57 Å². The zero-order chi connectivity index (χ0) is 45.0. The van der Waals surface area contributed by atoms with Crippen LogP contribution in [0.2, 0.25) is 0 Å². The lowest BCUT2D eigenvalue weighted by molar-refractivity contribution is 0.953. The van der Waals surface area contributed by atoms with Gasteiger partial charge in [0.15, 0.2) is 17.5 Å². The maximum absolute atomic E-state index is 5.31. The maximum atomic E-state index is 5.31. The fraction of sp³-hybridized carbons (Fsp3) is 0. The maximum Gasteiger partial charge on any atom is 0.238 e. The molecule has 7 nitrogen and oxygen atoms in total. The summed E-state index contributed by atoms with van der Waals surface area (Å²) >= 11 is 0. The Morgan fingerprint density at radius 2 is 0.676 bits per heavy atom. The molecule has 0 N–H and O–H groups in total. The summed E-state index contributed by atoms with van der Waals surface area (Å²) in [5.41, 5.74) is 14.0. The first-order chi connectivity index (χ1) is 33.7. The Morgan fingerprint density at radius 3 is 1.28 bits per heavy atom. The van der Waals surface area contributed by atoms with Gasteiger partial charge in [0.1, 0.15) is 0 Å². The number of benzene rings is 9. The fourth-order valence-corrected chi connectivity index (χ4v) is 9.66. The minimum atomic E-state index is 0.550. The van der Waals surface area contributed by atoms with E-state index < -0.39 is 0 Å². The molecule has 13 aromatic rings. The molecule has 0 bridgehead atoms. The average molecular weight is 870 g/mol. The molecule has 0 atom stereocenters. The second-order valence-corrected chi connectivity index (χ2v) is 16.9. The van der Waals surface area contributed by atoms with Crippen LogP contribution in [0, 0.1) is 0 Å². The van der Waals surface area contributed by atoms with Crippen molar-refractivity contribution in [3.8, 4) is 79.4 Å². The highest BCUT2D eigenvalue weighted by molar-refractivity contribution is 6.28. The molecule has 0 fully saturated rings. The topological polar surface area (TPSA) is 74.3 Å². The van der Waals surface area contributed by atoms with Gasteiger partial charge in [-0.05, 0) is 59.7 Å². The number of para-hydroxylation sites is 2. The molecule has 0 unspecified atom stereocenters. The molecule has 0 spiro atoms. The summed E-state index contributed by atoms with van der Waals surface area (Å²) in [5.74, 6) is 2.42. The van der Waals surface area contributed by atoms with E-state index in [2.05, 4.69) is 185 Å². The van der Waals surface area contributed by atoms with Crippen molar-refractivity contribution in [1.82, 2.24) is 34.1 Å². The van der Waals surface area contributed by atoms with Crippen LogP contribution in [0.1, 0.15) is 0 Å². The van der Waals surface area contributed by atoms with E-state index in [9.17, 15) is 0 Å². The van der Waals surface area contributed by atoms with Crippen molar-refractivity contribution in [1.29, 1.82) is 0 Å². The van der Waals surface area contributed by atoms with Crippen molar-refractivity contribution in [2.24, 2.45) is 0 Å². The third kappa shape index (κ3) is 6.72. The Labute approximate surface area is 392 Å². The molecule has 0 aliphatic heterocycles. The second-order valence-electron chi connectivity index (χ2n) is 16.9. The third-order valence-corrected chi connectivity index (χ3v) is 12.8. The van der Waals surface area contributed by atoms with Gasteiger partial charge in [-0.1, -0.05) is 188 Å². The van der Waals surface area contributed by atoms with Crippen LogP contribution in [0.25, 0.3) is 123 Å². The van der Waals surface area contributed by atoms with Gasteiger partial charge in [-0.2, -0.15) is 9.97 Å². The van der Waals surface area contributed by atoms with Crippen molar-refractivity contribution >= 4 is 43.6 Å². The zero-order valence-electron chi connectivity index (χ0n) is 36.6. The lowest BCUT2D eigenvalue weighted by Gasteiger charge is -2.12. The minimum Gasteiger partial charge on any atom is -0.309 e. The SMILES string of the molecule is c1ccc(-c2cccc(-c3nc(-c4ccccc4)nc(-n4c5ccccc5c5c6c7ccccc7n(-c7cccc(-c8nc(-c9ccccc9)cc(-c9ccccc9)n8)c7)c6ccc54)n3)c2)cc1. The van der Waals surface area contributed by atoms with Crippen LogP contribution in [-0.4, -0.2) is 34.1 Å². The molecule has 0 saturated heterocycles. The first kappa shape index (κ1) is 39.1. The van der Waals surface area contributed by atoms with Crippen LogP contribution < -0.4 is 0 Å². The first-order valence-corrected chi connectivity index (χ1v) is 22.8. The molecule has 4 heterocycles. The molecule has 0 aliphatic carbocycles. The number of rotatable bonds is 8. The van der Waals surface area contributed by atoms with E-state index in [-0.39, 0.29) is 0 Å². The van der Waals surface area contributed by atoms with Gasteiger partial charge in [0.05, 0.1) is 33.5 Å². The smallest absolute Gasteiger partial charge is 0.238 e. The predicted molar refractivity (Wildman–Crippen MR) is 277 cm³/mol. The Balaban J connectivity index is 1.02. The quantitative estimate of drug-likeness (QED) is 0.152. The van der Waals surface area contributed by atoms with E-state index >= 15 is 0 Å². The van der Waals surface area contributed by atoms with E-state index in [0.29, 0.717) is 23.4 Å². The van der Waals surface area contributed by atoms with Crippen LogP contribution in [0.15, 0.2) is 237 Å². The summed E-state index contributed by atoms with van der Waals surface area (Å²) in [5, 5.41) is 4.54. The van der Waals surface area contributed by atoms with Crippen LogP contribution in [0.3, 0.4) is 0 Å². The molecule has 7 heteroatoms. The van der Waals surface area contributed by atoms with Gasteiger partial charge >= 0.3 is 0 Å². The second kappa shape index (κ2) is 16.3. The molecule has 0 radical (unpaired) electrons. The summed E-state index contributed by atoms with van der Waals surface area (Å²) in [4.78, 5) is 26.1. The van der Waals surface area contributed by atoms with Crippen LogP contribution >= 0.6 is 0 Å². The first-order valence-electron chi connectivity index (χ1n) is 22.8. The lowest BCUT2D eigenvalue weighted by Crippen LogP contribution is -2.06. The van der Waals surface area contributed by atoms with Crippen LogP contribution in [-0.2, 0) is 0 Å². The van der Waals surface area contributed by atoms with Crippen LogP contribution in [0.5, 0.6) is 0 Å². The highest BCUT2D eigenvalue weighted by Gasteiger charge is 2.23. The summed E-state index contributed by atoms with van der Waals surface area (Å²) in [6.07, 6.45) is 0. The average Bonchev–Trinajstić information content (AvgIpc) is 3.95. The number of fused-ring (bicyclic) bond motifs is 7. The molecule has 0 amide bonds. The van der Waals surface area contributed by atoms with Crippen molar-refractivity contribution in [3.63, 3.8) is 0 Å². The zero-order valence-corrected chi connectivity index (χ0v) is 36.6. The Kier molecular flexibility index (Phi) is 9.35. The van der Waals surface area contributed by atoms with Crippen molar-refractivity contribution < 1.29 is 0 Å². The normalized spacial score (nSPS) is 11.5. The van der Waals surface area contributed by atoms with Crippen molar-refractivity contribution in [3.05, 3.63) is 237 Å². The number of hydrogen-bond acceptors (Lipinski definition) is 5. The monoisotopic (exact) mass is 869 g/mol. The highest BCUT2D eigenvalue weighted by Crippen LogP contribution is 2.43. The molecule has 0 saturated carbocycles. The largest absolute Gasteiger partial charge is 0.309 e. The molecular formula is C61H39N7. The number of nitrogens with zero attached hydrogens (tertiary/aromatic N) is 7. The van der Waals surface area contributed by atoms with E-state index in [1.54, 1.807) is 0 Å². The van der Waals surface area contributed by atoms with Crippen molar-refractivity contribution in [2.75, 3.05) is 0 Å². The predicted octanol–water partition coefficient (Wildman–Crippen LogP) is 14.9. The van der Waals surface area contributed by atoms with Gasteiger partial charge in [-0.3, -0.25) is 4.57 Å². The lowest BCUT2D eigenvalue weighted by atomic mass is 10.0. The van der Waals surface area contributed by atoms with Crippen molar-refractivity contribution in [2.45, 2.75) is 0 Å². The van der Waals surface area contributed by atoms with E-state index in [4.69, 9.17) is 24.9 Å². The van der Waals surface area contributed by atoms with E-state index in [0.717, 1.165) is 99.6 Å². The Bertz CT molecular complexity index is 3950. The van der Waals surface area contributed by atoms with E-state index in [1.165, 1.54) is 0 Å². The summed E-state index contributed by atoms with van der Waals surface area (Å²) in [6.45, 7) is 0. The third-order valence-electron chi connectivity index (χ3n) is 12.8. The summed E-state index contributed by atoms with van der Waals surface area (Å²) < 4.78 is 4.57. The molecule has 13 rings (SSSR count). The van der Waals surface area contributed by atoms with Gasteiger partial charge in [0.2, 0.25) is 5.95 Å². The van der Waals surface area contributed by atoms with Gasteiger partial charge in [-0.15, -0.1) is 0 Å². The van der Waals surface area contributed by atoms with Crippen LogP contribution in [0.4, 0.5) is 0 Å². The standard InChI is InChI=1S/C61H39N7/c1-5-19-40(20-6-1)44-27-17-28-45(37-44)60-64-58(43-25-11-4-12-26-43)65-61(66-60)68-53-34-16-14-32-49(53)57-55(68)36-35-54-56(57)48-31-13-15-33-52(48)67(54)47-30-18-29-46(38-47)59-62-50(41-21-7-2-8-22-41)39-51(63-59)42-23-9-3-10-24-42/h1-39H. The van der Waals surface area contributed by atoms with Gasteiger partial charge in [0.25, 0.3) is 0 Å². The van der Waals surface area contributed by atoms with Gasteiger partial charge in [0, 0.05) is 55.0 Å².